The zero-order valence-corrected chi connectivity index (χ0v) is 19.8. The molecule has 0 saturated heterocycles. The normalized spacial score (nSPS) is 11.8. The molecule has 1 amide bonds. The molecule has 0 radical (unpaired) electrons. The van der Waals surface area contributed by atoms with Crippen LogP contribution in [-0.4, -0.2) is 44.7 Å². The van der Waals surface area contributed by atoms with E-state index in [9.17, 15) is 20.0 Å². The van der Waals surface area contributed by atoms with Crippen LogP contribution in [0.4, 0.5) is 17.3 Å². The summed E-state index contributed by atoms with van der Waals surface area (Å²) in [5.41, 5.74) is 7.10. The van der Waals surface area contributed by atoms with Gasteiger partial charge in [-0.05, 0) is 31.5 Å². The molecule has 0 fully saturated rings. The van der Waals surface area contributed by atoms with E-state index in [1.54, 1.807) is 31.3 Å². The molecule has 12 heteroatoms. The van der Waals surface area contributed by atoms with Gasteiger partial charge in [-0.2, -0.15) is 0 Å². The highest BCUT2D eigenvalue weighted by Gasteiger charge is 2.19. The van der Waals surface area contributed by atoms with Gasteiger partial charge < -0.3 is 26.0 Å². The number of nitrogens with zero attached hydrogens (tertiary/aromatic N) is 3. The van der Waals surface area contributed by atoms with Crippen LogP contribution in [0.5, 0.6) is 0 Å². The van der Waals surface area contributed by atoms with Crippen LogP contribution in [0.15, 0.2) is 42.7 Å². The number of pyridine rings is 1. The summed E-state index contributed by atoms with van der Waals surface area (Å²) in [6, 6.07) is 7.86. The van der Waals surface area contributed by atoms with Crippen LogP contribution in [0.3, 0.4) is 0 Å². The number of aryl methyl sites for hydroxylation is 1. The van der Waals surface area contributed by atoms with Crippen LogP contribution < -0.4 is 16.4 Å². The number of benzene rings is 1. The monoisotopic (exact) mass is 506 g/mol. The van der Waals surface area contributed by atoms with Crippen molar-refractivity contribution in [3.63, 3.8) is 0 Å². The Morgan fingerprint density at radius 2 is 2.03 bits per heavy atom. The maximum Gasteiger partial charge on any atom is 0.311 e. The summed E-state index contributed by atoms with van der Waals surface area (Å²) in [4.78, 5) is 27.0. The first-order chi connectivity index (χ1) is 16.2. The van der Waals surface area contributed by atoms with E-state index >= 15 is 0 Å². The highest BCUT2D eigenvalue weighted by molar-refractivity contribution is 6.36. The van der Waals surface area contributed by atoms with Gasteiger partial charge in [-0.25, -0.2) is 4.98 Å². The molecular formula is C22H24Cl2N6O4. The number of carbonyl (C=O) groups is 1. The topological polar surface area (TPSA) is 148 Å². The lowest BCUT2D eigenvalue weighted by Gasteiger charge is -2.09. The van der Waals surface area contributed by atoms with Crippen LogP contribution in [0.1, 0.15) is 23.7 Å². The molecular weight excluding hydrogens is 483 g/mol. The summed E-state index contributed by atoms with van der Waals surface area (Å²) in [7, 11) is 0. The van der Waals surface area contributed by atoms with Gasteiger partial charge in [0.25, 0.3) is 5.91 Å². The third-order valence-corrected chi connectivity index (χ3v) is 5.45. The van der Waals surface area contributed by atoms with Gasteiger partial charge in [0.2, 0.25) is 5.82 Å². The van der Waals surface area contributed by atoms with Gasteiger partial charge in [0.15, 0.2) is 0 Å². The third-order valence-electron chi connectivity index (χ3n) is 4.90. The zero-order chi connectivity index (χ0) is 24.8. The number of nitrogens with two attached hydrogens (primary N) is 1. The minimum Gasteiger partial charge on any atom is -0.392 e. The molecule has 0 unspecified atom stereocenters. The number of anilines is 2. The lowest BCUT2D eigenvalue weighted by atomic mass is 10.0. The van der Waals surface area contributed by atoms with Crippen molar-refractivity contribution < 1.29 is 14.8 Å². The Labute approximate surface area is 205 Å². The van der Waals surface area contributed by atoms with Gasteiger partial charge in [0.1, 0.15) is 5.82 Å². The van der Waals surface area contributed by atoms with Crippen molar-refractivity contribution in [1.29, 1.82) is 0 Å². The highest BCUT2D eigenvalue weighted by atomic mass is 35.5. The predicted octanol–water partition coefficient (Wildman–Crippen LogP) is 3.96. The van der Waals surface area contributed by atoms with E-state index in [0.29, 0.717) is 52.1 Å². The Balaban J connectivity index is 1.72. The fourth-order valence-corrected chi connectivity index (χ4v) is 3.78. The maximum atomic E-state index is 12.8. The van der Waals surface area contributed by atoms with E-state index in [1.165, 1.54) is 12.1 Å². The van der Waals surface area contributed by atoms with Crippen molar-refractivity contribution in [3.8, 4) is 11.1 Å². The molecule has 0 bridgehead atoms. The van der Waals surface area contributed by atoms with E-state index in [4.69, 9.17) is 28.9 Å². The Morgan fingerprint density at radius 3 is 2.68 bits per heavy atom. The maximum absolute atomic E-state index is 12.8. The number of nitrogens with one attached hydrogen (secondary N) is 2. The van der Waals surface area contributed by atoms with Gasteiger partial charge in [-0.1, -0.05) is 29.3 Å². The van der Waals surface area contributed by atoms with E-state index < -0.39 is 11.0 Å². The Morgan fingerprint density at radius 1 is 1.26 bits per heavy atom. The van der Waals surface area contributed by atoms with Crippen LogP contribution in [0.2, 0.25) is 10.0 Å². The summed E-state index contributed by atoms with van der Waals surface area (Å²) in [6.07, 6.45) is 3.53. The van der Waals surface area contributed by atoms with Gasteiger partial charge in [-0.3, -0.25) is 14.9 Å². The van der Waals surface area contributed by atoms with Gasteiger partial charge in [-0.15, -0.1) is 0 Å². The van der Waals surface area contributed by atoms with Gasteiger partial charge >= 0.3 is 5.69 Å². The SMILES string of the molecule is C[C@@H](O)CNC(=O)c1cn(CCCNc2ccc([N+](=O)[O-])c(N)n2)cc1-c1ccc(Cl)cc1Cl. The summed E-state index contributed by atoms with van der Waals surface area (Å²) in [5.74, 6) is -0.0514. The van der Waals surface area contributed by atoms with E-state index in [2.05, 4.69) is 15.6 Å². The zero-order valence-electron chi connectivity index (χ0n) is 18.3. The molecule has 0 spiro atoms. The van der Waals surface area contributed by atoms with E-state index in [1.807, 2.05) is 10.8 Å². The Hall–Kier alpha value is -3.34. The van der Waals surface area contributed by atoms with Gasteiger partial charge in [0, 0.05) is 59.3 Å². The van der Waals surface area contributed by atoms with Crippen molar-refractivity contribution in [2.45, 2.75) is 26.0 Å². The van der Waals surface area contributed by atoms with Gasteiger partial charge in [0.05, 0.1) is 16.6 Å². The molecule has 3 aromatic rings. The fraction of sp³-hybridized carbons (Fsp3) is 0.273. The third kappa shape index (κ3) is 6.37. The highest BCUT2D eigenvalue weighted by Crippen LogP contribution is 2.33. The molecule has 2 aromatic heterocycles. The summed E-state index contributed by atoms with van der Waals surface area (Å²) in [5, 5.41) is 27.0. The number of nitrogen functional groups attached to an aromatic ring is 1. The number of aliphatic hydroxyl groups excluding tert-OH is 1. The number of hydrogen-bond donors (Lipinski definition) is 4. The second-order valence-corrected chi connectivity index (χ2v) is 8.49. The number of aliphatic hydroxyl groups is 1. The van der Waals surface area contributed by atoms with Crippen molar-refractivity contribution >= 4 is 46.4 Å². The first-order valence-electron chi connectivity index (χ1n) is 10.4. The molecule has 0 saturated carbocycles. The summed E-state index contributed by atoms with van der Waals surface area (Å²) < 4.78 is 1.87. The number of aromatic nitrogens is 2. The first kappa shape index (κ1) is 25.3. The summed E-state index contributed by atoms with van der Waals surface area (Å²) >= 11 is 12.4. The van der Waals surface area contributed by atoms with Crippen molar-refractivity contribution in [2.75, 3.05) is 24.1 Å². The van der Waals surface area contributed by atoms with E-state index in [0.717, 1.165) is 0 Å². The number of halogens is 2. The molecule has 0 aliphatic carbocycles. The molecule has 0 aliphatic rings. The van der Waals surface area contributed by atoms with Crippen molar-refractivity contribution in [2.24, 2.45) is 0 Å². The fourth-order valence-electron chi connectivity index (χ4n) is 3.27. The molecule has 34 heavy (non-hydrogen) atoms. The molecule has 1 aromatic carbocycles. The molecule has 0 aliphatic heterocycles. The van der Waals surface area contributed by atoms with Crippen LogP contribution in [0.25, 0.3) is 11.1 Å². The molecule has 5 N–H and O–H groups in total. The molecule has 180 valence electrons. The van der Waals surface area contributed by atoms with E-state index in [-0.39, 0.29) is 24.0 Å². The van der Waals surface area contributed by atoms with Crippen molar-refractivity contribution in [3.05, 3.63) is 68.4 Å². The average Bonchev–Trinajstić information content (AvgIpc) is 3.18. The lowest BCUT2D eigenvalue weighted by Crippen LogP contribution is -2.30. The average molecular weight is 507 g/mol. The Kier molecular flexibility index (Phi) is 8.32. The Bertz CT molecular complexity index is 1200. The molecule has 1 atom stereocenters. The predicted molar refractivity (Wildman–Crippen MR) is 132 cm³/mol. The quantitative estimate of drug-likeness (QED) is 0.184. The smallest absolute Gasteiger partial charge is 0.311 e. The first-order valence-corrected chi connectivity index (χ1v) is 11.2. The molecule has 3 rings (SSSR count). The summed E-state index contributed by atoms with van der Waals surface area (Å²) in [6.45, 7) is 2.79. The second kappa shape index (κ2) is 11.2. The van der Waals surface area contributed by atoms with Crippen LogP contribution >= 0.6 is 23.2 Å². The number of rotatable bonds is 10. The van der Waals surface area contributed by atoms with Crippen molar-refractivity contribution in [1.82, 2.24) is 14.9 Å². The second-order valence-electron chi connectivity index (χ2n) is 7.64. The minimum atomic E-state index is -0.679. The molecule has 2 heterocycles. The number of carbonyl (C=O) groups excluding carboxylic acids is 1. The van der Waals surface area contributed by atoms with Crippen LogP contribution in [0, 0.1) is 10.1 Å². The van der Waals surface area contributed by atoms with Crippen LogP contribution in [-0.2, 0) is 6.54 Å². The standard InChI is InChI=1S/C22H24Cl2N6O4/c1-13(31)10-27-22(32)17-12-29(11-16(17)15-4-3-14(23)9-18(15)24)8-2-7-26-20-6-5-19(30(33)34)21(25)28-20/h3-6,9,11-13,31H,2,7-8,10H2,1H3,(H,27,32)(H3,25,26,28)/t13-/m1/s1. The minimum absolute atomic E-state index is 0.118. The number of amides is 1. The lowest BCUT2D eigenvalue weighted by molar-refractivity contribution is -0.384. The largest absolute Gasteiger partial charge is 0.392 e. The number of nitro groups is 1. The molecule has 10 nitrogen and oxygen atoms in total. The number of hydrogen-bond acceptors (Lipinski definition) is 7.